The maximum Gasteiger partial charge on any atom is 0.668 e. The van der Waals surface area contributed by atoms with Gasteiger partial charge in [-0.1, -0.05) is 0 Å². The van der Waals surface area contributed by atoms with Crippen LogP contribution in [0.5, 0.6) is 0 Å². The molecule has 0 aromatic heterocycles. The lowest BCUT2D eigenvalue weighted by Crippen LogP contribution is -2.33. The maximum absolute atomic E-state index is 7.33. The number of rotatable bonds is 0. The molecule has 7 heteroatoms. The normalized spacial score (nSPS) is 8.57. The average Bonchev–Trinajstić information content (AvgIpc) is 0.722. The smallest absolute Gasteiger partial charge is 0.412 e. The third-order valence-corrected chi connectivity index (χ3v) is 0. The highest BCUT2D eigenvalue weighted by molar-refractivity contribution is 6.46. The van der Waals surface area contributed by atoms with Gasteiger partial charge < -0.3 is 24.7 Å². The highest BCUT2D eigenvalue weighted by Gasteiger charge is 2.22. The zero-order valence-electron chi connectivity index (χ0n) is 3.79. The van der Waals surface area contributed by atoms with Crippen LogP contribution < -0.4 is 0 Å². The molecule has 0 aliphatic heterocycles. The van der Waals surface area contributed by atoms with Crippen LogP contribution in [0.25, 0.3) is 0 Å². The van der Waals surface area contributed by atoms with Crippen molar-refractivity contribution in [1.82, 2.24) is 0 Å². The lowest BCUT2D eigenvalue weighted by Gasteiger charge is -1.91. The molecule has 0 rings (SSSR count). The molecular formula is H8AlO5Si. The summed E-state index contributed by atoms with van der Waals surface area (Å²) in [5.74, 6) is 0. The van der Waals surface area contributed by atoms with Gasteiger partial charge >= 0.3 is 9.05 Å². The molecule has 7 heavy (non-hydrogen) atoms. The van der Waals surface area contributed by atoms with Gasteiger partial charge in [0.1, 0.15) is 17.4 Å². The van der Waals surface area contributed by atoms with E-state index in [0.29, 0.717) is 0 Å². The Hall–Kier alpha value is 0.549. The Bertz CT molecular complexity index is 23.6. The summed E-state index contributed by atoms with van der Waals surface area (Å²) in [7, 11) is -4.61. The van der Waals surface area contributed by atoms with Gasteiger partial charge in [0, 0.05) is 0 Å². The molecule has 6 N–H and O–H groups in total. The highest BCUT2D eigenvalue weighted by Crippen LogP contribution is 1.67. The largest absolute Gasteiger partial charge is 0.668 e. The molecule has 45 valence electrons. The first-order chi connectivity index (χ1) is 2.00. The van der Waals surface area contributed by atoms with Gasteiger partial charge in [0.05, 0.1) is 0 Å². The fraction of sp³-hybridized carbons (Fsp3) is 0. The van der Waals surface area contributed by atoms with Crippen LogP contribution in [0.3, 0.4) is 0 Å². The van der Waals surface area contributed by atoms with Crippen molar-refractivity contribution in [3.8, 4) is 0 Å². The van der Waals surface area contributed by atoms with E-state index in [1.54, 1.807) is 0 Å². The molecule has 0 aromatic carbocycles. The van der Waals surface area contributed by atoms with Crippen LogP contribution in [-0.4, -0.2) is 51.1 Å². The molecule has 0 aliphatic carbocycles. The second-order valence-electron chi connectivity index (χ2n) is 0.600. The molecular weight excluding hydrogens is 135 g/mol. The van der Waals surface area contributed by atoms with Crippen molar-refractivity contribution in [3.63, 3.8) is 0 Å². The monoisotopic (exact) mass is 143 g/mol. The van der Waals surface area contributed by atoms with Crippen LogP contribution in [0.2, 0.25) is 0 Å². The molecule has 0 heterocycles. The number of hydrogen-bond acceptors (Lipinski definition) is 4. The minimum absolute atomic E-state index is 0. The molecule has 0 bridgehead atoms. The van der Waals surface area contributed by atoms with E-state index in [1.165, 1.54) is 0 Å². The molecule has 0 spiro atoms. The van der Waals surface area contributed by atoms with Crippen molar-refractivity contribution in [1.29, 1.82) is 0 Å². The van der Waals surface area contributed by atoms with Gasteiger partial charge in [0.15, 0.2) is 0 Å². The summed E-state index contributed by atoms with van der Waals surface area (Å²) >= 11 is 0. The number of hydrogen-bond donors (Lipinski definition) is 4. The van der Waals surface area contributed by atoms with Crippen LogP contribution in [0, 0.1) is 0 Å². The SMILES string of the molecule is O.O[Si](O)(O)O.[AlH2]. The van der Waals surface area contributed by atoms with Crippen molar-refractivity contribution < 1.29 is 24.7 Å². The summed E-state index contributed by atoms with van der Waals surface area (Å²) in [5, 5.41) is 0. The first-order valence-corrected chi connectivity index (χ1v) is 2.68. The van der Waals surface area contributed by atoms with E-state index in [-0.39, 0.29) is 22.8 Å². The van der Waals surface area contributed by atoms with Gasteiger partial charge in [-0.2, -0.15) is 0 Å². The lowest BCUT2D eigenvalue weighted by molar-refractivity contribution is 0.117. The second kappa shape index (κ2) is 4.70. The topological polar surface area (TPSA) is 112 Å². The van der Waals surface area contributed by atoms with E-state index in [9.17, 15) is 0 Å². The molecule has 5 nitrogen and oxygen atoms in total. The summed E-state index contributed by atoms with van der Waals surface area (Å²) in [4.78, 5) is 29.3. The zero-order chi connectivity index (χ0) is 4.50. The predicted octanol–water partition coefficient (Wildman–Crippen LogP) is -4.35. The average molecular weight is 143 g/mol. The Kier molecular flexibility index (Phi) is 10.5. The van der Waals surface area contributed by atoms with Crippen LogP contribution in [0.1, 0.15) is 0 Å². The summed E-state index contributed by atoms with van der Waals surface area (Å²) in [5.41, 5.74) is 0. The van der Waals surface area contributed by atoms with Gasteiger partial charge in [-0.25, -0.2) is 0 Å². The molecule has 0 aliphatic rings. The summed E-state index contributed by atoms with van der Waals surface area (Å²) in [6.45, 7) is 0. The quantitative estimate of drug-likeness (QED) is 0.257. The van der Waals surface area contributed by atoms with Crippen LogP contribution in [0.15, 0.2) is 0 Å². The van der Waals surface area contributed by atoms with Gasteiger partial charge in [-0.3, -0.25) is 0 Å². The highest BCUT2D eigenvalue weighted by atomic mass is 28.4. The molecule has 0 unspecified atom stereocenters. The van der Waals surface area contributed by atoms with E-state index in [2.05, 4.69) is 0 Å². The minimum Gasteiger partial charge on any atom is -0.412 e. The van der Waals surface area contributed by atoms with Gasteiger partial charge in [-0.15, -0.1) is 0 Å². The van der Waals surface area contributed by atoms with E-state index in [1.807, 2.05) is 0 Å². The summed E-state index contributed by atoms with van der Waals surface area (Å²) < 4.78 is 0. The van der Waals surface area contributed by atoms with Gasteiger partial charge in [-0.05, 0) is 0 Å². The zero-order valence-corrected chi connectivity index (χ0v) is 6.79. The van der Waals surface area contributed by atoms with Gasteiger partial charge in [0.2, 0.25) is 0 Å². The van der Waals surface area contributed by atoms with Gasteiger partial charge in [0.25, 0.3) is 0 Å². The van der Waals surface area contributed by atoms with Crippen LogP contribution in [-0.2, 0) is 0 Å². The molecule has 0 saturated carbocycles. The third-order valence-electron chi connectivity index (χ3n) is 0. The summed E-state index contributed by atoms with van der Waals surface area (Å²) in [6.07, 6.45) is 0. The lowest BCUT2D eigenvalue weighted by atomic mass is 15.7. The molecule has 0 amide bonds. The third kappa shape index (κ3) is 449. The van der Waals surface area contributed by atoms with Crippen LogP contribution in [0.4, 0.5) is 0 Å². The minimum atomic E-state index is -4.61. The summed E-state index contributed by atoms with van der Waals surface area (Å²) in [6, 6.07) is 0. The van der Waals surface area contributed by atoms with Crippen LogP contribution >= 0.6 is 0 Å². The Labute approximate surface area is 51.8 Å². The van der Waals surface area contributed by atoms with E-state index in [0.717, 1.165) is 0 Å². The van der Waals surface area contributed by atoms with Crippen molar-refractivity contribution in [2.24, 2.45) is 0 Å². The van der Waals surface area contributed by atoms with Crippen molar-refractivity contribution in [2.75, 3.05) is 0 Å². The van der Waals surface area contributed by atoms with Crippen molar-refractivity contribution >= 4 is 26.4 Å². The van der Waals surface area contributed by atoms with E-state index >= 15 is 0 Å². The van der Waals surface area contributed by atoms with Crippen molar-refractivity contribution in [3.05, 3.63) is 0 Å². The first kappa shape index (κ1) is 15.6. The molecule has 0 atom stereocenters. The predicted molar refractivity (Wildman–Crippen MR) is 26.8 cm³/mol. The fourth-order valence-corrected chi connectivity index (χ4v) is 0. The molecule has 0 fully saturated rings. The molecule has 0 saturated heterocycles. The fourth-order valence-electron chi connectivity index (χ4n) is 0. The van der Waals surface area contributed by atoms with Crippen molar-refractivity contribution in [2.45, 2.75) is 0 Å². The van der Waals surface area contributed by atoms with E-state index in [4.69, 9.17) is 19.2 Å². The Morgan fingerprint density at radius 2 is 0.857 bits per heavy atom. The second-order valence-corrected chi connectivity index (χ2v) is 1.80. The standard InChI is InChI=1S/Al.H4O4Si.H2O.2H/c;1-5(2,3)4;;;/h;1-4H;1H2;;. The molecule has 0 aromatic rings. The maximum atomic E-state index is 7.33. The van der Waals surface area contributed by atoms with E-state index < -0.39 is 9.05 Å². The first-order valence-electron chi connectivity index (χ1n) is 0.894. The molecule has 1 radical (unpaired) electrons. The Morgan fingerprint density at radius 3 is 0.857 bits per heavy atom. The Balaban J connectivity index is -0.0000000800. The Morgan fingerprint density at radius 1 is 0.857 bits per heavy atom.